The smallest absolute Gasteiger partial charge is 0.352 e. The average Bonchev–Trinajstić information content (AvgIpc) is 3.87. The Morgan fingerprint density at radius 1 is 0.906 bits per heavy atom. The fourth-order valence-corrected chi connectivity index (χ4v) is 7.03. The van der Waals surface area contributed by atoms with Gasteiger partial charge in [0.1, 0.15) is 6.04 Å². The van der Waals surface area contributed by atoms with Gasteiger partial charge in [-0.25, -0.2) is 9.50 Å². The summed E-state index contributed by atoms with van der Waals surface area (Å²) in [4.78, 5) is 80.4. The first-order chi connectivity index (χ1) is 25.4. The van der Waals surface area contributed by atoms with Crippen molar-refractivity contribution >= 4 is 52.4 Å². The normalized spacial score (nSPS) is 15.9. The summed E-state index contributed by atoms with van der Waals surface area (Å²) >= 11 is 1.26. The zero-order valence-corrected chi connectivity index (χ0v) is 29.3. The largest absolute Gasteiger partial charge is 0.433 e. The van der Waals surface area contributed by atoms with E-state index in [2.05, 4.69) is 26.0 Å². The monoisotopic (exact) mass is 751 g/mol. The van der Waals surface area contributed by atoms with Crippen LogP contribution in [0.2, 0.25) is 0 Å². The molecule has 1 fully saturated rings. The molecule has 0 aliphatic carbocycles. The molecular formula is C36H36F3N7O6S. The molecule has 0 spiro atoms. The van der Waals surface area contributed by atoms with Crippen LogP contribution in [0.5, 0.6) is 0 Å². The summed E-state index contributed by atoms with van der Waals surface area (Å²) in [6.45, 7) is 0.515. The van der Waals surface area contributed by atoms with Crippen LogP contribution in [0.3, 0.4) is 0 Å². The van der Waals surface area contributed by atoms with Gasteiger partial charge in [0.25, 0.3) is 17.7 Å². The fourth-order valence-electron chi connectivity index (χ4n) is 6.34. The van der Waals surface area contributed by atoms with Gasteiger partial charge in [0.05, 0.1) is 21.7 Å². The van der Waals surface area contributed by atoms with E-state index in [-0.39, 0.29) is 53.5 Å². The maximum absolute atomic E-state index is 13.8. The number of benzene rings is 1. The molecule has 4 aromatic rings. The second-order valence-electron chi connectivity index (χ2n) is 12.9. The van der Waals surface area contributed by atoms with E-state index in [1.807, 2.05) is 0 Å². The van der Waals surface area contributed by atoms with Crippen molar-refractivity contribution in [2.75, 3.05) is 6.54 Å². The molecular weight excluding hydrogens is 715 g/mol. The summed E-state index contributed by atoms with van der Waals surface area (Å²) in [5, 5.41) is 13.3. The number of alkyl halides is 3. The molecule has 0 saturated carbocycles. The molecule has 17 heteroatoms. The molecule has 3 aromatic heterocycles. The SMILES string of the molecule is O=C(CCCCCCCCCNC(=O)c1cc2nc(-c3cccs3)cc(C(F)(F)F)n2n1)NCc1ccc2c(c1)C(=O)N(C1CCC(=O)NC1=O)C2=O. The molecule has 1 aromatic carbocycles. The Labute approximate surface area is 305 Å². The summed E-state index contributed by atoms with van der Waals surface area (Å²) in [6.07, 6.45) is 1.61. The highest BCUT2D eigenvalue weighted by Gasteiger charge is 2.44. The highest BCUT2D eigenvalue weighted by Crippen LogP contribution is 2.33. The number of aromatic nitrogens is 3. The minimum Gasteiger partial charge on any atom is -0.352 e. The van der Waals surface area contributed by atoms with E-state index in [1.54, 1.807) is 29.6 Å². The van der Waals surface area contributed by atoms with Gasteiger partial charge in [0, 0.05) is 32.0 Å². The third-order valence-corrected chi connectivity index (χ3v) is 9.98. The van der Waals surface area contributed by atoms with Gasteiger partial charge in [0.15, 0.2) is 17.0 Å². The average molecular weight is 752 g/mol. The Bertz CT molecular complexity index is 2060. The molecule has 0 radical (unpaired) electrons. The van der Waals surface area contributed by atoms with Crippen molar-refractivity contribution in [2.45, 2.75) is 83.0 Å². The van der Waals surface area contributed by atoms with Gasteiger partial charge < -0.3 is 10.6 Å². The lowest BCUT2D eigenvalue weighted by atomic mass is 10.0. The van der Waals surface area contributed by atoms with Crippen LogP contribution < -0.4 is 16.0 Å². The molecule has 6 rings (SSSR count). The van der Waals surface area contributed by atoms with E-state index in [0.29, 0.717) is 40.8 Å². The zero-order valence-electron chi connectivity index (χ0n) is 28.5. The number of piperidine rings is 1. The lowest BCUT2D eigenvalue weighted by Gasteiger charge is -2.27. The quantitative estimate of drug-likeness (QED) is 0.112. The van der Waals surface area contributed by atoms with Gasteiger partial charge in [0.2, 0.25) is 17.7 Å². The van der Waals surface area contributed by atoms with Gasteiger partial charge in [-0.15, -0.1) is 11.3 Å². The van der Waals surface area contributed by atoms with Crippen molar-refractivity contribution in [3.8, 4) is 10.6 Å². The molecule has 6 amide bonds. The number of fused-ring (bicyclic) bond motifs is 2. The van der Waals surface area contributed by atoms with Crippen LogP contribution in [0.1, 0.15) is 107 Å². The third-order valence-electron chi connectivity index (χ3n) is 9.08. The van der Waals surface area contributed by atoms with Gasteiger partial charge in [-0.05, 0) is 54.5 Å². The number of hydrogen-bond donors (Lipinski definition) is 3. The van der Waals surface area contributed by atoms with Gasteiger partial charge in [-0.2, -0.15) is 18.3 Å². The van der Waals surface area contributed by atoms with Crippen molar-refractivity contribution < 1.29 is 41.9 Å². The number of carbonyl (C=O) groups is 6. The van der Waals surface area contributed by atoms with Gasteiger partial charge in [-0.1, -0.05) is 44.2 Å². The number of amides is 6. The van der Waals surface area contributed by atoms with Crippen molar-refractivity contribution in [3.63, 3.8) is 0 Å². The van der Waals surface area contributed by atoms with E-state index in [4.69, 9.17) is 0 Å². The summed E-state index contributed by atoms with van der Waals surface area (Å²) in [5.74, 6) is -3.03. The van der Waals surface area contributed by atoms with Crippen LogP contribution in [0.15, 0.2) is 47.8 Å². The Kier molecular flexibility index (Phi) is 11.3. The van der Waals surface area contributed by atoms with Crippen molar-refractivity contribution in [3.05, 3.63) is 75.9 Å². The molecule has 1 unspecified atom stereocenters. The first kappa shape index (κ1) is 37.3. The number of hydrogen-bond acceptors (Lipinski definition) is 9. The number of imide groups is 2. The maximum Gasteiger partial charge on any atom is 0.433 e. The summed E-state index contributed by atoms with van der Waals surface area (Å²) in [5.41, 5.74) is -0.101. The van der Waals surface area contributed by atoms with E-state index < -0.39 is 47.4 Å². The minimum absolute atomic E-state index is 0.0363. The summed E-state index contributed by atoms with van der Waals surface area (Å²) in [6, 6.07) is 9.23. The summed E-state index contributed by atoms with van der Waals surface area (Å²) < 4.78 is 42.0. The lowest BCUT2D eigenvalue weighted by molar-refractivity contribution is -0.142. The van der Waals surface area contributed by atoms with E-state index in [0.717, 1.165) is 43.1 Å². The molecule has 1 atom stereocenters. The van der Waals surface area contributed by atoms with E-state index >= 15 is 0 Å². The van der Waals surface area contributed by atoms with Crippen LogP contribution in [0.4, 0.5) is 13.2 Å². The molecule has 3 N–H and O–H groups in total. The number of nitrogens with zero attached hydrogens (tertiary/aromatic N) is 4. The van der Waals surface area contributed by atoms with Gasteiger partial charge in [-0.3, -0.25) is 39.0 Å². The molecule has 5 heterocycles. The Morgan fingerprint density at radius 3 is 2.36 bits per heavy atom. The molecule has 0 bridgehead atoms. The first-order valence-corrected chi connectivity index (χ1v) is 18.2. The van der Waals surface area contributed by atoms with Crippen LogP contribution >= 0.6 is 11.3 Å². The predicted molar refractivity (Wildman–Crippen MR) is 186 cm³/mol. The van der Waals surface area contributed by atoms with E-state index in [1.165, 1.54) is 23.5 Å². The third kappa shape index (κ3) is 8.62. The van der Waals surface area contributed by atoms with Crippen LogP contribution in [-0.2, 0) is 27.1 Å². The highest BCUT2D eigenvalue weighted by molar-refractivity contribution is 7.13. The van der Waals surface area contributed by atoms with Crippen LogP contribution in [0.25, 0.3) is 16.2 Å². The highest BCUT2D eigenvalue weighted by atomic mass is 32.1. The Morgan fingerprint density at radius 2 is 1.64 bits per heavy atom. The van der Waals surface area contributed by atoms with Crippen molar-refractivity contribution in [1.82, 2.24) is 35.4 Å². The van der Waals surface area contributed by atoms with Crippen molar-refractivity contribution in [2.24, 2.45) is 0 Å². The van der Waals surface area contributed by atoms with E-state index in [9.17, 15) is 41.9 Å². The Balaban J connectivity index is 0.851. The number of carbonyl (C=O) groups excluding carboxylic acids is 6. The molecule has 13 nitrogen and oxygen atoms in total. The number of thiophene rings is 1. The Hall–Kier alpha value is -5.45. The molecule has 278 valence electrons. The predicted octanol–water partition coefficient (Wildman–Crippen LogP) is 5.04. The number of unbranched alkanes of at least 4 members (excludes halogenated alkanes) is 6. The van der Waals surface area contributed by atoms with Gasteiger partial charge >= 0.3 is 6.18 Å². The molecule has 53 heavy (non-hydrogen) atoms. The second-order valence-corrected chi connectivity index (χ2v) is 13.8. The molecule has 2 aliphatic heterocycles. The number of nitrogens with one attached hydrogen (secondary N) is 3. The topological polar surface area (TPSA) is 172 Å². The zero-order chi connectivity index (χ0) is 37.7. The standard InChI is InChI=1S/C36H36F3N7O6S/c37-36(38,39)28-18-24(27-9-8-16-53-27)42-29-19-25(44-46(28)29)32(49)40-15-7-5-3-1-2-4-6-10-30(47)41-20-21-11-12-22-23(17-21)35(52)45(34(22)51)26-13-14-31(48)43-33(26)50/h8-9,11-12,16-19,26H,1-7,10,13-15,20H2,(H,40,49)(H,41,47)(H,43,48,50). The summed E-state index contributed by atoms with van der Waals surface area (Å²) in [7, 11) is 0. The van der Waals surface area contributed by atoms with Crippen LogP contribution in [-0.4, -0.2) is 67.5 Å². The number of halogens is 3. The van der Waals surface area contributed by atoms with Crippen LogP contribution in [0, 0.1) is 0 Å². The van der Waals surface area contributed by atoms with Crippen molar-refractivity contribution in [1.29, 1.82) is 0 Å². The number of rotatable bonds is 15. The lowest BCUT2D eigenvalue weighted by Crippen LogP contribution is -2.54. The second kappa shape index (κ2) is 16.1. The molecule has 1 saturated heterocycles. The minimum atomic E-state index is -4.69. The maximum atomic E-state index is 13.8. The molecule has 2 aliphatic rings. The first-order valence-electron chi connectivity index (χ1n) is 17.3. The fraction of sp³-hybridized carbons (Fsp3) is 0.389.